The molecule has 1 N–H and O–H groups in total. The van der Waals surface area contributed by atoms with Crippen molar-refractivity contribution in [3.63, 3.8) is 0 Å². The molecule has 6 nitrogen and oxygen atoms in total. The topological polar surface area (TPSA) is 61.5 Å². The van der Waals surface area contributed by atoms with Crippen LogP contribution < -0.4 is 9.75 Å². The third-order valence-corrected chi connectivity index (χ3v) is 6.82. The van der Waals surface area contributed by atoms with Gasteiger partial charge in [0.1, 0.15) is 22.7 Å². The molecule has 1 amide bonds. The molecule has 172 valence electrons. The summed E-state index contributed by atoms with van der Waals surface area (Å²) < 4.78 is 6.36. The van der Waals surface area contributed by atoms with E-state index in [9.17, 15) is 4.79 Å². The zero-order valence-corrected chi connectivity index (χ0v) is 20.4. The van der Waals surface area contributed by atoms with Crippen LogP contribution in [0.25, 0.3) is 11.3 Å². The molecule has 0 bridgehead atoms. The minimum atomic E-state index is -0.745. The van der Waals surface area contributed by atoms with Gasteiger partial charge in [-0.05, 0) is 69.5 Å². The number of nitrogens with one attached hydrogen (secondary N) is 1. The van der Waals surface area contributed by atoms with Crippen molar-refractivity contribution in [2.75, 3.05) is 18.1 Å². The lowest BCUT2D eigenvalue weighted by atomic mass is 9.88. The number of ether oxygens (including phenoxy) is 1. The Morgan fingerprint density at radius 2 is 1.88 bits per heavy atom. The third kappa shape index (κ3) is 3.90. The van der Waals surface area contributed by atoms with E-state index in [0.717, 1.165) is 60.5 Å². The first-order valence-electron chi connectivity index (χ1n) is 11.2. The number of H-pyrrole nitrogens is 1. The maximum absolute atomic E-state index is 14.1. The van der Waals surface area contributed by atoms with E-state index < -0.39 is 5.60 Å². The number of hydrogen-bond acceptors (Lipinski definition) is 4. The largest absolute Gasteiger partial charge is 0.482 e. The zero-order chi connectivity index (χ0) is 23.3. The van der Waals surface area contributed by atoms with Crippen LogP contribution >= 0.6 is 23.2 Å². The highest BCUT2D eigenvalue weighted by Gasteiger charge is 2.41. The van der Waals surface area contributed by atoms with Gasteiger partial charge in [0, 0.05) is 23.7 Å². The number of fused-ring (bicyclic) bond motifs is 3. The van der Waals surface area contributed by atoms with Gasteiger partial charge in [-0.1, -0.05) is 35.7 Å². The summed E-state index contributed by atoms with van der Waals surface area (Å²) in [6, 6.07) is 11.2. The summed E-state index contributed by atoms with van der Waals surface area (Å²) in [6.45, 7) is 7.48. The van der Waals surface area contributed by atoms with Crippen LogP contribution in [0.5, 0.6) is 5.75 Å². The Labute approximate surface area is 203 Å². The fourth-order valence-corrected chi connectivity index (χ4v) is 5.23. The SMILES string of the molecule is Cc1ccc2c(c1)OC(C)(C)c1c-2n[nH]c1C(=O)N(c1ccc(Cl)cc1Cl)N1CCCCC1. The second-order valence-electron chi connectivity index (χ2n) is 9.16. The number of piperidine rings is 1. The standard InChI is InChI=1S/C25H26Cl2N4O2/c1-15-7-9-17-20(13-15)33-25(2,3)21-22(17)28-29-23(21)24(32)31(30-11-5-4-6-12-30)19-10-8-16(26)14-18(19)27/h7-10,13-14H,4-6,11-12H2,1-3H3,(H,28,29). The number of anilines is 1. The number of nitrogens with zero attached hydrogens (tertiary/aromatic N) is 3. The van der Waals surface area contributed by atoms with E-state index in [1.54, 1.807) is 23.2 Å². The zero-order valence-electron chi connectivity index (χ0n) is 18.9. The van der Waals surface area contributed by atoms with Gasteiger partial charge in [-0.3, -0.25) is 9.89 Å². The quantitative estimate of drug-likeness (QED) is 0.469. The molecule has 1 fully saturated rings. The third-order valence-electron chi connectivity index (χ3n) is 6.29. The molecular weight excluding hydrogens is 459 g/mol. The average molecular weight is 485 g/mol. The monoisotopic (exact) mass is 484 g/mol. The number of halogens is 2. The molecule has 3 heterocycles. The van der Waals surface area contributed by atoms with E-state index in [4.69, 9.17) is 27.9 Å². The van der Waals surface area contributed by atoms with Crippen molar-refractivity contribution in [3.8, 4) is 17.0 Å². The van der Waals surface area contributed by atoms with Crippen LogP contribution in [0, 0.1) is 6.92 Å². The lowest BCUT2D eigenvalue weighted by Gasteiger charge is -2.38. The number of aromatic amines is 1. The van der Waals surface area contributed by atoms with Crippen molar-refractivity contribution >= 4 is 34.8 Å². The van der Waals surface area contributed by atoms with Crippen LogP contribution in [0.4, 0.5) is 5.69 Å². The maximum atomic E-state index is 14.1. The number of benzene rings is 2. The van der Waals surface area contributed by atoms with Gasteiger partial charge in [0.2, 0.25) is 0 Å². The highest BCUT2D eigenvalue weighted by molar-refractivity contribution is 6.37. The number of carbonyl (C=O) groups is 1. The van der Waals surface area contributed by atoms with Crippen LogP contribution in [0.15, 0.2) is 36.4 Å². The Bertz CT molecular complexity index is 1230. The minimum Gasteiger partial charge on any atom is -0.482 e. The summed E-state index contributed by atoms with van der Waals surface area (Å²) in [5.74, 6) is 0.550. The molecule has 0 radical (unpaired) electrons. The summed E-state index contributed by atoms with van der Waals surface area (Å²) >= 11 is 12.7. The predicted molar refractivity (Wildman–Crippen MR) is 131 cm³/mol. The molecule has 2 aromatic carbocycles. The van der Waals surface area contributed by atoms with E-state index in [0.29, 0.717) is 21.4 Å². The molecule has 33 heavy (non-hydrogen) atoms. The van der Waals surface area contributed by atoms with Gasteiger partial charge in [0.15, 0.2) is 0 Å². The van der Waals surface area contributed by atoms with E-state index in [1.807, 2.05) is 39.0 Å². The number of carbonyl (C=O) groups excluding carboxylic acids is 1. The minimum absolute atomic E-state index is 0.220. The molecule has 1 aromatic heterocycles. The fraction of sp³-hybridized carbons (Fsp3) is 0.360. The number of aryl methyl sites for hydroxylation is 1. The van der Waals surface area contributed by atoms with Crippen molar-refractivity contribution in [1.82, 2.24) is 15.2 Å². The number of hydrogen-bond donors (Lipinski definition) is 1. The van der Waals surface area contributed by atoms with E-state index in [2.05, 4.69) is 15.2 Å². The van der Waals surface area contributed by atoms with Crippen molar-refractivity contribution < 1.29 is 9.53 Å². The van der Waals surface area contributed by atoms with Gasteiger partial charge in [-0.2, -0.15) is 5.10 Å². The molecular formula is C25H26Cl2N4O2. The summed E-state index contributed by atoms with van der Waals surface area (Å²) in [5, 5.41) is 12.3. The number of hydrazine groups is 1. The average Bonchev–Trinajstić information content (AvgIpc) is 3.22. The molecule has 0 atom stereocenters. The Hall–Kier alpha value is -2.54. The molecule has 2 aliphatic rings. The van der Waals surface area contributed by atoms with E-state index >= 15 is 0 Å². The second kappa shape index (κ2) is 8.35. The summed E-state index contributed by atoms with van der Waals surface area (Å²) in [7, 11) is 0. The highest BCUT2D eigenvalue weighted by Crippen LogP contribution is 2.46. The highest BCUT2D eigenvalue weighted by atomic mass is 35.5. The van der Waals surface area contributed by atoms with Crippen LogP contribution in [-0.4, -0.2) is 34.2 Å². The Morgan fingerprint density at radius 3 is 2.61 bits per heavy atom. The van der Waals surface area contributed by atoms with Gasteiger partial charge >= 0.3 is 0 Å². The first-order chi connectivity index (χ1) is 15.8. The van der Waals surface area contributed by atoms with Gasteiger partial charge in [-0.25, -0.2) is 10.0 Å². The Balaban J connectivity index is 1.64. The van der Waals surface area contributed by atoms with Crippen molar-refractivity contribution in [3.05, 3.63) is 63.3 Å². The molecule has 0 aliphatic carbocycles. The van der Waals surface area contributed by atoms with Crippen LogP contribution in [0.2, 0.25) is 10.0 Å². The number of amides is 1. The van der Waals surface area contributed by atoms with Gasteiger partial charge < -0.3 is 4.74 Å². The first kappa shape index (κ1) is 22.3. The molecule has 1 saturated heterocycles. The lowest BCUT2D eigenvalue weighted by Crippen LogP contribution is -2.50. The summed E-state index contributed by atoms with van der Waals surface area (Å²) in [5.41, 5.74) is 3.72. The molecule has 0 unspecified atom stereocenters. The molecule has 8 heteroatoms. The predicted octanol–water partition coefficient (Wildman–Crippen LogP) is 6.37. The molecule has 5 rings (SSSR count). The molecule has 3 aromatic rings. The van der Waals surface area contributed by atoms with Crippen molar-refractivity contribution in [2.45, 2.75) is 45.6 Å². The van der Waals surface area contributed by atoms with Gasteiger partial charge in [0.05, 0.1) is 16.3 Å². The Kier molecular flexibility index (Phi) is 5.63. The second-order valence-corrected chi connectivity index (χ2v) is 10.0. The fourth-order valence-electron chi connectivity index (χ4n) is 4.74. The van der Waals surface area contributed by atoms with E-state index in [-0.39, 0.29) is 5.91 Å². The van der Waals surface area contributed by atoms with Crippen LogP contribution in [-0.2, 0) is 5.60 Å². The van der Waals surface area contributed by atoms with Crippen LogP contribution in [0.3, 0.4) is 0 Å². The van der Waals surface area contributed by atoms with Crippen molar-refractivity contribution in [1.29, 1.82) is 0 Å². The molecule has 0 spiro atoms. The number of rotatable bonds is 3. The molecule has 2 aliphatic heterocycles. The maximum Gasteiger partial charge on any atom is 0.291 e. The first-order valence-corrected chi connectivity index (χ1v) is 11.9. The smallest absolute Gasteiger partial charge is 0.291 e. The van der Waals surface area contributed by atoms with E-state index in [1.165, 1.54) is 0 Å². The van der Waals surface area contributed by atoms with Crippen LogP contribution in [0.1, 0.15) is 54.7 Å². The summed E-state index contributed by atoms with van der Waals surface area (Å²) in [4.78, 5) is 14.1. The van der Waals surface area contributed by atoms with Crippen molar-refractivity contribution in [2.24, 2.45) is 0 Å². The normalized spacial score (nSPS) is 17.1. The molecule has 0 saturated carbocycles. The van der Waals surface area contributed by atoms with Gasteiger partial charge in [-0.15, -0.1) is 0 Å². The summed E-state index contributed by atoms with van der Waals surface area (Å²) in [6.07, 6.45) is 3.16. The Morgan fingerprint density at radius 1 is 1.12 bits per heavy atom. The lowest BCUT2D eigenvalue weighted by molar-refractivity contribution is 0.0833. The van der Waals surface area contributed by atoms with Gasteiger partial charge in [0.25, 0.3) is 5.91 Å². The number of aromatic nitrogens is 2.